The van der Waals surface area contributed by atoms with Crippen molar-refractivity contribution >= 4 is 28.5 Å². The zero-order valence-corrected chi connectivity index (χ0v) is 11.9. The van der Waals surface area contributed by atoms with Crippen molar-refractivity contribution in [1.29, 1.82) is 0 Å². The highest BCUT2D eigenvalue weighted by molar-refractivity contribution is 14.1. The lowest BCUT2D eigenvalue weighted by atomic mass is 9.97. The van der Waals surface area contributed by atoms with E-state index < -0.39 is 0 Å². The van der Waals surface area contributed by atoms with Crippen molar-refractivity contribution in [3.05, 3.63) is 33.4 Å². The summed E-state index contributed by atoms with van der Waals surface area (Å²) in [7, 11) is 0. The van der Waals surface area contributed by atoms with Crippen LogP contribution in [0.15, 0.2) is 24.3 Å². The third-order valence-corrected chi connectivity index (χ3v) is 3.95. The second-order valence-electron chi connectivity index (χ2n) is 4.60. The van der Waals surface area contributed by atoms with E-state index in [2.05, 4.69) is 51.8 Å². The van der Waals surface area contributed by atoms with Crippen LogP contribution >= 0.6 is 22.6 Å². The summed E-state index contributed by atoms with van der Waals surface area (Å²) in [5.74, 6) is -0.120. The Morgan fingerprint density at radius 3 is 2.76 bits per heavy atom. The Morgan fingerprint density at radius 1 is 1.41 bits per heavy atom. The number of nitrogens with zero attached hydrogens (tertiary/aromatic N) is 1. The molecular weight excluding hydrogens is 327 g/mol. The van der Waals surface area contributed by atoms with Gasteiger partial charge in [-0.1, -0.05) is 12.1 Å². The minimum absolute atomic E-state index is 0.0348. The highest BCUT2D eigenvalue weighted by Gasteiger charge is 2.23. The number of nitrogens with two attached hydrogens (primary N) is 1. The van der Waals surface area contributed by atoms with E-state index in [-0.39, 0.29) is 11.8 Å². The van der Waals surface area contributed by atoms with Gasteiger partial charge in [0.25, 0.3) is 0 Å². The minimum atomic E-state index is -0.155. The molecule has 0 saturated carbocycles. The zero-order chi connectivity index (χ0) is 12.3. The fourth-order valence-corrected chi connectivity index (χ4v) is 2.64. The molecule has 1 amide bonds. The molecule has 1 unspecified atom stereocenters. The van der Waals surface area contributed by atoms with Crippen molar-refractivity contribution in [3.63, 3.8) is 0 Å². The summed E-state index contributed by atoms with van der Waals surface area (Å²) in [5, 5.41) is 0. The number of piperidine rings is 1. The van der Waals surface area contributed by atoms with Crippen molar-refractivity contribution in [2.45, 2.75) is 19.4 Å². The number of benzene rings is 1. The molecule has 3 nitrogen and oxygen atoms in total. The smallest absolute Gasteiger partial charge is 0.221 e. The molecule has 1 aliphatic rings. The van der Waals surface area contributed by atoms with Crippen LogP contribution < -0.4 is 5.73 Å². The Kier molecular flexibility index (Phi) is 4.39. The van der Waals surface area contributed by atoms with Gasteiger partial charge in [0.15, 0.2) is 0 Å². The quantitative estimate of drug-likeness (QED) is 0.853. The molecule has 4 heteroatoms. The van der Waals surface area contributed by atoms with E-state index in [1.54, 1.807) is 0 Å². The lowest BCUT2D eigenvalue weighted by molar-refractivity contribution is -0.123. The third kappa shape index (κ3) is 3.67. The number of rotatable bonds is 3. The average molecular weight is 344 g/mol. The van der Waals surface area contributed by atoms with Crippen LogP contribution in [0.4, 0.5) is 0 Å². The number of primary amides is 1. The first-order valence-electron chi connectivity index (χ1n) is 5.91. The van der Waals surface area contributed by atoms with Gasteiger partial charge in [0.05, 0.1) is 5.92 Å². The Bertz CT molecular complexity index is 391. The fraction of sp³-hybridized carbons (Fsp3) is 0.462. The SMILES string of the molecule is NC(=O)C1CCCN(Cc2ccc(I)cc2)C1. The van der Waals surface area contributed by atoms with E-state index in [9.17, 15) is 4.79 Å². The number of likely N-dealkylation sites (tertiary alicyclic amines) is 1. The maximum absolute atomic E-state index is 11.2. The van der Waals surface area contributed by atoms with E-state index in [1.165, 1.54) is 9.13 Å². The number of hydrogen-bond donors (Lipinski definition) is 1. The molecule has 0 radical (unpaired) electrons. The normalized spacial score (nSPS) is 21.4. The highest BCUT2D eigenvalue weighted by Crippen LogP contribution is 2.18. The van der Waals surface area contributed by atoms with E-state index in [0.717, 1.165) is 32.5 Å². The van der Waals surface area contributed by atoms with Crippen LogP contribution in [0.25, 0.3) is 0 Å². The lowest BCUT2D eigenvalue weighted by Crippen LogP contribution is -2.40. The molecule has 0 aromatic heterocycles. The molecule has 92 valence electrons. The molecular formula is C13H17IN2O. The lowest BCUT2D eigenvalue weighted by Gasteiger charge is -2.31. The summed E-state index contributed by atoms with van der Waals surface area (Å²) < 4.78 is 1.25. The summed E-state index contributed by atoms with van der Waals surface area (Å²) in [6.45, 7) is 2.79. The molecule has 0 aliphatic carbocycles. The van der Waals surface area contributed by atoms with E-state index in [4.69, 9.17) is 5.73 Å². The van der Waals surface area contributed by atoms with Gasteiger partial charge in [-0.3, -0.25) is 9.69 Å². The molecule has 17 heavy (non-hydrogen) atoms. The molecule has 1 fully saturated rings. The van der Waals surface area contributed by atoms with Crippen molar-refractivity contribution in [1.82, 2.24) is 4.90 Å². The first-order valence-corrected chi connectivity index (χ1v) is 6.99. The molecule has 2 N–H and O–H groups in total. The van der Waals surface area contributed by atoms with E-state index >= 15 is 0 Å². The van der Waals surface area contributed by atoms with Gasteiger partial charge in [0, 0.05) is 16.7 Å². The van der Waals surface area contributed by atoms with Crippen LogP contribution in [0.2, 0.25) is 0 Å². The Labute approximate surface area is 116 Å². The summed E-state index contributed by atoms with van der Waals surface area (Å²) in [4.78, 5) is 13.5. The number of halogens is 1. The number of carbonyl (C=O) groups excluding carboxylic acids is 1. The summed E-state index contributed by atoms with van der Waals surface area (Å²) >= 11 is 2.30. The predicted molar refractivity (Wildman–Crippen MR) is 76.4 cm³/mol. The Balaban J connectivity index is 1.94. The van der Waals surface area contributed by atoms with Crippen molar-refractivity contribution in [2.24, 2.45) is 11.7 Å². The maximum Gasteiger partial charge on any atom is 0.221 e. The summed E-state index contributed by atoms with van der Waals surface area (Å²) in [6, 6.07) is 8.53. The first kappa shape index (κ1) is 12.8. The molecule has 1 heterocycles. The number of amides is 1. The third-order valence-electron chi connectivity index (χ3n) is 3.23. The molecule has 2 rings (SSSR count). The number of carbonyl (C=O) groups is 1. The first-order chi connectivity index (χ1) is 8.15. The molecule has 1 aliphatic heterocycles. The number of hydrogen-bond acceptors (Lipinski definition) is 2. The predicted octanol–water partition coefficient (Wildman–Crippen LogP) is 1.99. The second-order valence-corrected chi connectivity index (χ2v) is 5.85. The van der Waals surface area contributed by atoms with Gasteiger partial charge in [-0.25, -0.2) is 0 Å². The van der Waals surface area contributed by atoms with Gasteiger partial charge in [0.1, 0.15) is 0 Å². The molecule has 1 atom stereocenters. The van der Waals surface area contributed by atoms with Crippen LogP contribution in [0.1, 0.15) is 18.4 Å². The van der Waals surface area contributed by atoms with Crippen LogP contribution in [0.3, 0.4) is 0 Å². The van der Waals surface area contributed by atoms with E-state index in [1.807, 2.05) is 0 Å². The second kappa shape index (κ2) is 5.82. The maximum atomic E-state index is 11.2. The monoisotopic (exact) mass is 344 g/mol. The topological polar surface area (TPSA) is 46.3 Å². The van der Waals surface area contributed by atoms with Gasteiger partial charge in [-0.15, -0.1) is 0 Å². The average Bonchev–Trinajstić information content (AvgIpc) is 2.32. The van der Waals surface area contributed by atoms with Crippen LogP contribution in [-0.4, -0.2) is 23.9 Å². The zero-order valence-electron chi connectivity index (χ0n) is 9.73. The standard InChI is InChI=1S/C13H17IN2O/c14-12-5-3-10(4-6-12)8-16-7-1-2-11(9-16)13(15)17/h3-6,11H,1-2,7-9H2,(H2,15,17). The fourth-order valence-electron chi connectivity index (χ4n) is 2.28. The molecule has 1 saturated heterocycles. The highest BCUT2D eigenvalue weighted by atomic mass is 127. The molecule has 1 aromatic rings. The van der Waals surface area contributed by atoms with Crippen molar-refractivity contribution in [3.8, 4) is 0 Å². The summed E-state index contributed by atoms with van der Waals surface area (Å²) in [5.41, 5.74) is 6.68. The van der Waals surface area contributed by atoms with Gasteiger partial charge < -0.3 is 5.73 Å². The molecule has 1 aromatic carbocycles. The van der Waals surface area contributed by atoms with Crippen molar-refractivity contribution in [2.75, 3.05) is 13.1 Å². The van der Waals surface area contributed by atoms with Crippen molar-refractivity contribution < 1.29 is 4.79 Å². The van der Waals surface area contributed by atoms with Gasteiger partial charge in [-0.05, 0) is 59.7 Å². The van der Waals surface area contributed by atoms with Gasteiger partial charge in [0.2, 0.25) is 5.91 Å². The molecule has 0 bridgehead atoms. The Morgan fingerprint density at radius 2 is 2.12 bits per heavy atom. The largest absolute Gasteiger partial charge is 0.369 e. The Hall–Kier alpha value is -0.620. The summed E-state index contributed by atoms with van der Waals surface area (Å²) in [6.07, 6.45) is 2.01. The van der Waals surface area contributed by atoms with E-state index in [0.29, 0.717) is 0 Å². The van der Waals surface area contributed by atoms with Crippen LogP contribution in [-0.2, 0) is 11.3 Å². The van der Waals surface area contributed by atoms with Crippen LogP contribution in [0, 0.1) is 9.49 Å². The van der Waals surface area contributed by atoms with Gasteiger partial charge >= 0.3 is 0 Å². The molecule has 0 spiro atoms. The van der Waals surface area contributed by atoms with Gasteiger partial charge in [-0.2, -0.15) is 0 Å². The van der Waals surface area contributed by atoms with Crippen LogP contribution in [0.5, 0.6) is 0 Å². The minimum Gasteiger partial charge on any atom is -0.369 e.